The Balaban J connectivity index is 2.28. The minimum absolute atomic E-state index is 0.0483. The molecule has 0 bridgehead atoms. The molecule has 0 atom stereocenters. The van der Waals surface area contributed by atoms with Crippen molar-refractivity contribution in [2.75, 3.05) is 5.32 Å². The SMILES string of the molecule is Cc1ccc(C(=O)Nc2snc(C)c2C(=O)O)cc1C. The maximum atomic E-state index is 12.1. The van der Waals surface area contributed by atoms with Crippen LogP contribution in [-0.4, -0.2) is 21.4 Å². The van der Waals surface area contributed by atoms with Gasteiger partial charge >= 0.3 is 5.97 Å². The van der Waals surface area contributed by atoms with Gasteiger partial charge in [-0.2, -0.15) is 4.37 Å². The average molecular weight is 290 g/mol. The molecule has 2 aromatic rings. The van der Waals surface area contributed by atoms with Gasteiger partial charge < -0.3 is 10.4 Å². The largest absolute Gasteiger partial charge is 0.478 e. The van der Waals surface area contributed by atoms with Crippen molar-refractivity contribution in [1.29, 1.82) is 0 Å². The van der Waals surface area contributed by atoms with Crippen LogP contribution in [-0.2, 0) is 0 Å². The topological polar surface area (TPSA) is 79.3 Å². The fourth-order valence-electron chi connectivity index (χ4n) is 1.76. The maximum Gasteiger partial charge on any atom is 0.340 e. The fraction of sp³-hybridized carbons (Fsp3) is 0.214. The summed E-state index contributed by atoms with van der Waals surface area (Å²) in [5.41, 5.74) is 3.05. The molecule has 0 radical (unpaired) electrons. The number of carboxylic acids is 1. The van der Waals surface area contributed by atoms with Crippen molar-refractivity contribution in [2.24, 2.45) is 0 Å². The summed E-state index contributed by atoms with van der Waals surface area (Å²) in [6.07, 6.45) is 0. The number of benzene rings is 1. The van der Waals surface area contributed by atoms with E-state index in [0.717, 1.165) is 22.7 Å². The summed E-state index contributed by atoms with van der Waals surface area (Å²) in [6.45, 7) is 5.49. The molecule has 0 unspecified atom stereocenters. The second-order valence-corrected chi connectivity index (χ2v) is 5.30. The standard InChI is InChI=1S/C14H14N2O3S/c1-7-4-5-10(6-8(7)2)12(17)15-13-11(14(18)19)9(3)16-20-13/h4-6H,1-3H3,(H,15,17)(H,18,19). The molecule has 0 aliphatic carbocycles. The van der Waals surface area contributed by atoms with Gasteiger partial charge in [-0.1, -0.05) is 6.07 Å². The molecule has 0 saturated carbocycles. The molecular formula is C14H14N2O3S. The number of nitrogens with zero attached hydrogens (tertiary/aromatic N) is 1. The third kappa shape index (κ3) is 2.70. The minimum atomic E-state index is -1.09. The van der Waals surface area contributed by atoms with Crippen LogP contribution >= 0.6 is 11.5 Å². The van der Waals surface area contributed by atoms with Gasteiger partial charge in [0.25, 0.3) is 5.91 Å². The van der Waals surface area contributed by atoms with E-state index in [9.17, 15) is 9.59 Å². The van der Waals surface area contributed by atoms with Crippen LogP contribution in [0.2, 0.25) is 0 Å². The number of anilines is 1. The lowest BCUT2D eigenvalue weighted by molar-refractivity contribution is 0.0697. The summed E-state index contributed by atoms with van der Waals surface area (Å²) in [4.78, 5) is 23.3. The first-order valence-electron chi connectivity index (χ1n) is 5.98. The van der Waals surface area contributed by atoms with Gasteiger partial charge in [0.1, 0.15) is 10.6 Å². The zero-order valence-corrected chi connectivity index (χ0v) is 12.2. The van der Waals surface area contributed by atoms with Crippen molar-refractivity contribution >= 4 is 28.4 Å². The Bertz CT molecular complexity index is 692. The number of carbonyl (C=O) groups excluding carboxylic acids is 1. The highest BCUT2D eigenvalue weighted by atomic mass is 32.1. The number of nitrogens with one attached hydrogen (secondary N) is 1. The second kappa shape index (κ2) is 5.42. The Morgan fingerprint density at radius 2 is 1.90 bits per heavy atom. The molecule has 20 heavy (non-hydrogen) atoms. The molecule has 1 heterocycles. The van der Waals surface area contributed by atoms with Gasteiger partial charge in [-0.3, -0.25) is 4.79 Å². The van der Waals surface area contributed by atoms with Gasteiger partial charge in [-0.15, -0.1) is 0 Å². The van der Waals surface area contributed by atoms with E-state index in [1.54, 1.807) is 19.1 Å². The molecule has 0 fully saturated rings. The number of aromatic nitrogens is 1. The van der Waals surface area contributed by atoms with Crippen LogP contribution in [0.1, 0.15) is 37.5 Å². The number of hydrogen-bond acceptors (Lipinski definition) is 4. The van der Waals surface area contributed by atoms with E-state index < -0.39 is 5.97 Å². The Labute approximate surface area is 120 Å². The lowest BCUT2D eigenvalue weighted by Gasteiger charge is -2.06. The van der Waals surface area contributed by atoms with Gasteiger partial charge in [0, 0.05) is 5.56 Å². The number of carbonyl (C=O) groups is 2. The van der Waals surface area contributed by atoms with E-state index in [1.807, 2.05) is 19.9 Å². The van der Waals surface area contributed by atoms with Crippen LogP contribution in [0.25, 0.3) is 0 Å². The fourth-order valence-corrected chi connectivity index (χ4v) is 2.55. The number of amides is 1. The molecule has 1 amide bonds. The summed E-state index contributed by atoms with van der Waals surface area (Å²) in [7, 11) is 0. The predicted molar refractivity (Wildman–Crippen MR) is 77.7 cm³/mol. The molecule has 0 spiro atoms. The minimum Gasteiger partial charge on any atom is -0.478 e. The number of rotatable bonds is 3. The Hall–Kier alpha value is -2.21. The van der Waals surface area contributed by atoms with Crippen LogP contribution in [0.3, 0.4) is 0 Å². The monoisotopic (exact) mass is 290 g/mol. The molecule has 2 N–H and O–H groups in total. The van der Waals surface area contributed by atoms with Crippen molar-refractivity contribution < 1.29 is 14.7 Å². The molecule has 0 aliphatic rings. The van der Waals surface area contributed by atoms with Crippen molar-refractivity contribution in [3.05, 3.63) is 46.1 Å². The van der Waals surface area contributed by atoms with Crippen molar-refractivity contribution in [3.8, 4) is 0 Å². The third-order valence-electron chi connectivity index (χ3n) is 3.07. The Morgan fingerprint density at radius 1 is 1.20 bits per heavy atom. The maximum absolute atomic E-state index is 12.1. The molecule has 2 rings (SSSR count). The second-order valence-electron chi connectivity index (χ2n) is 4.53. The first-order chi connectivity index (χ1) is 9.40. The highest BCUT2D eigenvalue weighted by molar-refractivity contribution is 7.11. The normalized spacial score (nSPS) is 10.3. The van der Waals surface area contributed by atoms with Crippen LogP contribution in [0.15, 0.2) is 18.2 Å². The molecule has 6 heteroatoms. The first kappa shape index (κ1) is 14.2. The van der Waals surface area contributed by atoms with Gasteiger partial charge in [0.2, 0.25) is 0 Å². The van der Waals surface area contributed by atoms with E-state index in [2.05, 4.69) is 9.69 Å². The lowest BCUT2D eigenvalue weighted by Crippen LogP contribution is -2.13. The summed E-state index contributed by atoms with van der Waals surface area (Å²) < 4.78 is 3.96. The van der Waals surface area contributed by atoms with E-state index in [1.165, 1.54) is 0 Å². The molecule has 0 aliphatic heterocycles. The van der Waals surface area contributed by atoms with Crippen LogP contribution in [0.5, 0.6) is 0 Å². The highest BCUT2D eigenvalue weighted by Crippen LogP contribution is 2.25. The van der Waals surface area contributed by atoms with E-state index in [-0.39, 0.29) is 16.5 Å². The summed E-state index contributed by atoms with van der Waals surface area (Å²) in [6, 6.07) is 5.35. The molecule has 1 aromatic heterocycles. The number of hydrogen-bond donors (Lipinski definition) is 2. The number of carboxylic acid groups (broad SMARTS) is 1. The van der Waals surface area contributed by atoms with Crippen LogP contribution in [0.4, 0.5) is 5.00 Å². The molecule has 5 nitrogen and oxygen atoms in total. The molecular weight excluding hydrogens is 276 g/mol. The summed E-state index contributed by atoms with van der Waals surface area (Å²) in [5.74, 6) is -1.43. The average Bonchev–Trinajstić information content (AvgIpc) is 2.73. The quantitative estimate of drug-likeness (QED) is 0.910. The summed E-state index contributed by atoms with van der Waals surface area (Å²) >= 11 is 0.972. The first-order valence-corrected chi connectivity index (χ1v) is 6.75. The predicted octanol–water partition coefficient (Wildman–Crippen LogP) is 3.02. The van der Waals surface area contributed by atoms with Crippen LogP contribution in [0, 0.1) is 20.8 Å². The third-order valence-corrected chi connectivity index (χ3v) is 3.93. The Kier molecular flexibility index (Phi) is 3.85. The zero-order valence-electron chi connectivity index (χ0n) is 11.4. The lowest BCUT2D eigenvalue weighted by atomic mass is 10.1. The van der Waals surface area contributed by atoms with Crippen molar-refractivity contribution in [2.45, 2.75) is 20.8 Å². The Morgan fingerprint density at radius 3 is 2.50 bits per heavy atom. The van der Waals surface area contributed by atoms with Crippen LogP contribution < -0.4 is 5.32 Å². The molecule has 104 valence electrons. The number of aryl methyl sites for hydroxylation is 3. The highest BCUT2D eigenvalue weighted by Gasteiger charge is 2.19. The number of aromatic carboxylic acids is 1. The van der Waals surface area contributed by atoms with Gasteiger partial charge in [-0.25, -0.2) is 4.79 Å². The molecule has 0 saturated heterocycles. The van der Waals surface area contributed by atoms with Gasteiger partial charge in [0.05, 0.1) is 5.69 Å². The van der Waals surface area contributed by atoms with Gasteiger partial charge in [0.15, 0.2) is 0 Å². The van der Waals surface area contributed by atoms with Crippen molar-refractivity contribution in [3.63, 3.8) is 0 Å². The van der Waals surface area contributed by atoms with E-state index >= 15 is 0 Å². The molecule has 1 aromatic carbocycles. The zero-order chi connectivity index (χ0) is 14.9. The van der Waals surface area contributed by atoms with Gasteiger partial charge in [-0.05, 0) is 55.6 Å². The smallest absolute Gasteiger partial charge is 0.340 e. The summed E-state index contributed by atoms with van der Waals surface area (Å²) in [5, 5.41) is 12.0. The van der Waals surface area contributed by atoms with E-state index in [0.29, 0.717) is 11.3 Å². The van der Waals surface area contributed by atoms with Crippen molar-refractivity contribution in [1.82, 2.24) is 4.37 Å². The van der Waals surface area contributed by atoms with E-state index in [4.69, 9.17) is 5.11 Å².